The van der Waals surface area contributed by atoms with Gasteiger partial charge in [0.2, 0.25) is 0 Å². The van der Waals surface area contributed by atoms with E-state index in [2.05, 4.69) is 43.8 Å². The number of aryl methyl sites for hydroxylation is 3. The average Bonchev–Trinajstić information content (AvgIpc) is 3.09. The Kier molecular flexibility index (Phi) is 35.2. The van der Waals surface area contributed by atoms with Crippen LogP contribution >= 0.6 is 0 Å². The molecule has 1 heterocycles. The summed E-state index contributed by atoms with van der Waals surface area (Å²) < 4.78 is 2.58. The predicted molar refractivity (Wildman–Crippen MR) is 217 cm³/mol. The van der Waals surface area contributed by atoms with Gasteiger partial charge in [-0.05, 0) is 38.2 Å². The molecule has 0 saturated heterocycles. The molecule has 1 heteroatoms. The van der Waals surface area contributed by atoms with Crippen molar-refractivity contribution in [3.05, 3.63) is 29.6 Å². The Labute approximate surface area is 304 Å². The van der Waals surface area contributed by atoms with Crippen molar-refractivity contribution in [3.8, 4) is 0 Å². The fourth-order valence-electron chi connectivity index (χ4n) is 7.65. The molecule has 0 N–H and O–H groups in total. The van der Waals surface area contributed by atoms with Gasteiger partial charge in [0.25, 0.3) is 0 Å². The van der Waals surface area contributed by atoms with Gasteiger partial charge in [-0.1, -0.05) is 226 Å². The molecule has 0 saturated carbocycles. The molecule has 0 aliphatic rings. The number of pyridine rings is 1. The molecule has 0 aliphatic carbocycles. The number of hydrogen-bond acceptors (Lipinski definition) is 0. The van der Waals surface area contributed by atoms with Crippen LogP contribution in [0.25, 0.3) is 0 Å². The molecule has 0 spiro atoms. The molecule has 0 atom stereocenters. The van der Waals surface area contributed by atoms with Crippen molar-refractivity contribution in [1.29, 1.82) is 0 Å². The molecule has 1 nitrogen and oxygen atoms in total. The van der Waals surface area contributed by atoms with Crippen LogP contribution in [0.2, 0.25) is 0 Å². The van der Waals surface area contributed by atoms with Crippen molar-refractivity contribution in [2.24, 2.45) is 0 Å². The van der Waals surface area contributed by atoms with Crippen LogP contribution in [0.15, 0.2) is 18.5 Å². The highest BCUT2D eigenvalue weighted by atomic mass is 14.9. The quantitative estimate of drug-likeness (QED) is 0.0485. The second-order valence-electron chi connectivity index (χ2n) is 16.0. The lowest BCUT2D eigenvalue weighted by Crippen LogP contribution is -2.34. The number of hydrogen-bond donors (Lipinski definition) is 0. The van der Waals surface area contributed by atoms with Gasteiger partial charge in [0.05, 0.1) is 0 Å². The fourth-order valence-corrected chi connectivity index (χ4v) is 7.65. The molecule has 282 valence electrons. The number of rotatable bonds is 39. The number of aromatic nitrogens is 1. The normalized spacial score (nSPS) is 11.6. The van der Waals surface area contributed by atoms with Gasteiger partial charge in [-0.15, -0.1) is 0 Å². The summed E-state index contributed by atoms with van der Waals surface area (Å²) in [7, 11) is 0. The first-order valence-electron chi connectivity index (χ1n) is 22.8. The van der Waals surface area contributed by atoms with E-state index in [1.165, 1.54) is 251 Å². The minimum atomic E-state index is 1.22. The fraction of sp³-hybridized carbons (Fsp3) is 0.894. The zero-order valence-electron chi connectivity index (χ0n) is 33.8. The summed E-state index contributed by atoms with van der Waals surface area (Å²) in [4.78, 5) is 0. The molecule has 48 heavy (non-hydrogen) atoms. The largest absolute Gasteiger partial charge is 0.205 e. The van der Waals surface area contributed by atoms with E-state index in [0.29, 0.717) is 0 Å². The Morgan fingerprint density at radius 2 is 0.521 bits per heavy atom. The monoisotopic (exact) mass is 669 g/mol. The number of nitrogens with zero attached hydrogens (tertiary/aromatic N) is 1. The van der Waals surface area contributed by atoms with Crippen LogP contribution in [0.3, 0.4) is 0 Å². The first-order chi connectivity index (χ1) is 23.8. The van der Waals surface area contributed by atoms with Crippen molar-refractivity contribution in [2.75, 3.05) is 0 Å². The highest BCUT2D eigenvalue weighted by Crippen LogP contribution is 2.17. The summed E-state index contributed by atoms with van der Waals surface area (Å²) >= 11 is 0. The summed E-state index contributed by atoms with van der Waals surface area (Å²) in [5.41, 5.74) is 3.22. The van der Waals surface area contributed by atoms with E-state index in [1.54, 1.807) is 11.1 Å². The van der Waals surface area contributed by atoms with Crippen LogP contribution in [-0.4, -0.2) is 0 Å². The minimum absolute atomic E-state index is 1.22. The first kappa shape index (κ1) is 45.2. The lowest BCUT2D eigenvalue weighted by atomic mass is 10.0. The van der Waals surface area contributed by atoms with E-state index in [1.807, 2.05) is 0 Å². The Balaban J connectivity index is 2.30. The Morgan fingerprint density at radius 1 is 0.292 bits per heavy atom. The number of unbranched alkanes of at least 4 members (excludes halogenated alkanes) is 33. The molecule has 1 rings (SSSR count). The highest BCUT2D eigenvalue weighted by Gasteiger charge is 2.09. The lowest BCUT2D eigenvalue weighted by Gasteiger charge is -2.07. The van der Waals surface area contributed by atoms with Gasteiger partial charge in [0.1, 0.15) is 6.54 Å². The summed E-state index contributed by atoms with van der Waals surface area (Å²) in [6.45, 7) is 8.16. The Hall–Kier alpha value is -0.850. The molecule has 1 aromatic heterocycles. The van der Waals surface area contributed by atoms with Gasteiger partial charge >= 0.3 is 0 Å². The van der Waals surface area contributed by atoms with Gasteiger partial charge in [-0.25, -0.2) is 4.57 Å². The third-order valence-corrected chi connectivity index (χ3v) is 10.9. The predicted octanol–water partition coefficient (Wildman–Crippen LogP) is 16.2. The van der Waals surface area contributed by atoms with Crippen molar-refractivity contribution >= 4 is 0 Å². The van der Waals surface area contributed by atoms with Crippen molar-refractivity contribution in [1.82, 2.24) is 0 Å². The smallest absolute Gasteiger partial charge is 0.171 e. The molecule has 1 aromatic rings. The van der Waals surface area contributed by atoms with Crippen molar-refractivity contribution < 1.29 is 4.57 Å². The first-order valence-corrected chi connectivity index (χ1v) is 22.8. The maximum absolute atomic E-state index is 2.58. The Morgan fingerprint density at radius 3 is 0.792 bits per heavy atom. The van der Waals surface area contributed by atoms with E-state index in [9.17, 15) is 0 Å². The van der Waals surface area contributed by atoms with Gasteiger partial charge in [0, 0.05) is 17.5 Å². The van der Waals surface area contributed by atoms with Crippen LogP contribution in [-0.2, 0) is 19.4 Å². The zero-order valence-corrected chi connectivity index (χ0v) is 33.8. The SMILES string of the molecule is CCCCCCCCCCCCCCCc1cc(CCCCCCCCCCCCCCC)c[n+](CCCCCCCCCCCC)c1. The van der Waals surface area contributed by atoms with E-state index in [-0.39, 0.29) is 0 Å². The summed E-state index contributed by atoms with van der Waals surface area (Å²) in [6, 6.07) is 2.58. The summed E-state index contributed by atoms with van der Waals surface area (Å²) in [6.07, 6.45) is 59.3. The van der Waals surface area contributed by atoms with Crippen molar-refractivity contribution in [2.45, 2.75) is 271 Å². The second-order valence-corrected chi connectivity index (χ2v) is 16.0. The molecule has 0 radical (unpaired) electrons. The van der Waals surface area contributed by atoms with Crippen molar-refractivity contribution in [3.63, 3.8) is 0 Å². The molecule has 0 fully saturated rings. The van der Waals surface area contributed by atoms with Gasteiger partial charge in [-0.2, -0.15) is 0 Å². The summed E-state index contributed by atoms with van der Waals surface area (Å²) in [5, 5.41) is 0. The minimum Gasteiger partial charge on any atom is -0.205 e. The van der Waals surface area contributed by atoms with Gasteiger partial charge < -0.3 is 0 Å². The molecule has 0 aromatic carbocycles. The third kappa shape index (κ3) is 31.2. The van der Waals surface area contributed by atoms with Crippen LogP contribution in [0, 0.1) is 0 Å². The second kappa shape index (κ2) is 37.4. The molecule has 0 unspecified atom stereocenters. The molecule has 0 amide bonds. The van der Waals surface area contributed by atoms with E-state index in [0.717, 1.165) is 0 Å². The van der Waals surface area contributed by atoms with E-state index < -0.39 is 0 Å². The van der Waals surface area contributed by atoms with Crippen LogP contribution in [0.4, 0.5) is 0 Å². The molecular weight excluding hydrogens is 579 g/mol. The lowest BCUT2D eigenvalue weighted by molar-refractivity contribution is -0.698. The average molecular weight is 669 g/mol. The van der Waals surface area contributed by atoms with Crippen LogP contribution < -0.4 is 4.57 Å². The molecular formula is C47H90N+. The molecule has 0 aliphatic heterocycles. The van der Waals surface area contributed by atoms with Crippen LogP contribution in [0.5, 0.6) is 0 Å². The maximum atomic E-state index is 2.58. The topological polar surface area (TPSA) is 3.88 Å². The van der Waals surface area contributed by atoms with Gasteiger partial charge in [-0.3, -0.25) is 0 Å². The zero-order chi connectivity index (χ0) is 34.4. The van der Waals surface area contributed by atoms with E-state index in [4.69, 9.17) is 0 Å². The standard InChI is InChI=1S/C47H90N/c1-4-7-10-13-16-19-22-24-26-28-31-34-37-40-46-43-47(41-38-35-32-29-27-25-23-20-17-14-11-8-5-2)45-48(44-46)42-39-36-33-30-21-18-15-12-9-6-3/h43-45H,4-42H2,1-3H3/q+1. The van der Waals surface area contributed by atoms with Gasteiger partial charge in [0.15, 0.2) is 12.4 Å². The third-order valence-electron chi connectivity index (χ3n) is 10.9. The maximum Gasteiger partial charge on any atom is 0.171 e. The Bertz CT molecular complexity index is 705. The summed E-state index contributed by atoms with van der Waals surface area (Å²) in [5.74, 6) is 0. The van der Waals surface area contributed by atoms with E-state index >= 15 is 0 Å². The van der Waals surface area contributed by atoms with Crippen LogP contribution in [0.1, 0.15) is 263 Å². The highest BCUT2D eigenvalue weighted by molar-refractivity contribution is 5.15. The molecule has 0 bridgehead atoms.